The van der Waals surface area contributed by atoms with E-state index in [0.29, 0.717) is 0 Å². The zero-order chi connectivity index (χ0) is 12.0. The minimum absolute atomic E-state index is 0.270. The molecule has 0 saturated heterocycles. The average Bonchev–Trinajstić information content (AvgIpc) is 2.53. The molecule has 0 aliphatic rings. The first-order valence-corrected chi connectivity index (χ1v) is 6.48. The number of thioether (sulfide) groups is 1. The lowest BCUT2D eigenvalue weighted by molar-refractivity contribution is -0.137. The highest BCUT2D eigenvalue weighted by Crippen LogP contribution is 2.20. The maximum absolute atomic E-state index is 10.3. The van der Waals surface area contributed by atoms with Crippen molar-refractivity contribution < 1.29 is 14.4 Å². The Morgan fingerprint density at radius 3 is 2.75 bits per heavy atom. The second-order valence-electron chi connectivity index (χ2n) is 3.71. The summed E-state index contributed by atoms with van der Waals surface area (Å²) in [5, 5.41) is 12.4. The van der Waals surface area contributed by atoms with Crippen LogP contribution in [0, 0.1) is 13.8 Å². The van der Waals surface area contributed by atoms with Gasteiger partial charge in [-0.25, -0.2) is 0 Å². The molecule has 0 aliphatic heterocycles. The van der Waals surface area contributed by atoms with E-state index in [2.05, 4.69) is 5.16 Å². The molecule has 0 spiro atoms. The van der Waals surface area contributed by atoms with E-state index in [0.717, 1.165) is 35.8 Å². The summed E-state index contributed by atoms with van der Waals surface area (Å²) in [4.78, 5) is 10.3. The Balaban J connectivity index is 2.14. The molecular formula is C11H17NO3S. The summed E-state index contributed by atoms with van der Waals surface area (Å²) >= 11 is 1.80. The van der Waals surface area contributed by atoms with Crippen LogP contribution in [0.5, 0.6) is 0 Å². The van der Waals surface area contributed by atoms with Crippen LogP contribution in [0.4, 0.5) is 0 Å². The Morgan fingerprint density at radius 1 is 1.44 bits per heavy atom. The Hall–Kier alpha value is -0.970. The number of carboxylic acid groups (broad SMARTS) is 1. The van der Waals surface area contributed by atoms with Gasteiger partial charge >= 0.3 is 5.97 Å². The molecule has 0 fully saturated rings. The van der Waals surface area contributed by atoms with Crippen molar-refractivity contribution in [1.82, 2.24) is 5.16 Å². The molecule has 1 aromatic heterocycles. The summed E-state index contributed by atoms with van der Waals surface area (Å²) in [6, 6.07) is 0. The van der Waals surface area contributed by atoms with Crippen LogP contribution in [0.2, 0.25) is 0 Å². The minimum Gasteiger partial charge on any atom is -0.481 e. The SMILES string of the molecule is Cc1noc(C)c1CSCCCCC(=O)O. The van der Waals surface area contributed by atoms with Gasteiger partial charge in [0, 0.05) is 17.7 Å². The quantitative estimate of drug-likeness (QED) is 0.746. The second kappa shape index (κ2) is 6.58. The highest BCUT2D eigenvalue weighted by Gasteiger charge is 2.08. The smallest absolute Gasteiger partial charge is 0.303 e. The lowest BCUT2D eigenvalue weighted by Gasteiger charge is -2.00. The van der Waals surface area contributed by atoms with E-state index >= 15 is 0 Å². The molecule has 1 rings (SSSR count). The monoisotopic (exact) mass is 243 g/mol. The van der Waals surface area contributed by atoms with Crippen molar-refractivity contribution >= 4 is 17.7 Å². The highest BCUT2D eigenvalue weighted by atomic mass is 32.2. The van der Waals surface area contributed by atoms with E-state index in [1.807, 2.05) is 13.8 Å². The fourth-order valence-electron chi connectivity index (χ4n) is 1.36. The van der Waals surface area contributed by atoms with Crippen LogP contribution in [0.25, 0.3) is 0 Å². The minimum atomic E-state index is -0.712. The van der Waals surface area contributed by atoms with Gasteiger partial charge in [0.15, 0.2) is 0 Å². The summed E-state index contributed by atoms with van der Waals surface area (Å²) in [7, 11) is 0. The van der Waals surface area contributed by atoms with Gasteiger partial charge < -0.3 is 9.63 Å². The van der Waals surface area contributed by atoms with Crippen LogP contribution in [0.3, 0.4) is 0 Å². The topological polar surface area (TPSA) is 63.3 Å². The average molecular weight is 243 g/mol. The second-order valence-corrected chi connectivity index (χ2v) is 4.81. The van der Waals surface area contributed by atoms with Crippen molar-refractivity contribution in [3.8, 4) is 0 Å². The van der Waals surface area contributed by atoms with Crippen molar-refractivity contribution in [3.63, 3.8) is 0 Å². The lowest BCUT2D eigenvalue weighted by atomic mass is 10.2. The Kier molecular flexibility index (Phi) is 5.38. The van der Waals surface area contributed by atoms with Gasteiger partial charge in [0.2, 0.25) is 0 Å². The molecule has 1 aromatic rings. The third kappa shape index (κ3) is 4.26. The molecule has 1 N–H and O–H groups in total. The van der Waals surface area contributed by atoms with Crippen molar-refractivity contribution in [2.75, 3.05) is 5.75 Å². The standard InChI is InChI=1S/C11H17NO3S/c1-8-10(9(2)15-12-8)7-16-6-4-3-5-11(13)14/h3-7H2,1-2H3,(H,13,14). The number of carbonyl (C=O) groups is 1. The number of unbranched alkanes of at least 4 members (excludes halogenated alkanes) is 1. The number of aryl methyl sites for hydroxylation is 2. The van der Waals surface area contributed by atoms with E-state index in [-0.39, 0.29) is 6.42 Å². The summed E-state index contributed by atoms with van der Waals surface area (Å²) < 4.78 is 5.06. The molecule has 0 unspecified atom stereocenters. The van der Waals surface area contributed by atoms with Gasteiger partial charge in [-0.1, -0.05) is 5.16 Å². The van der Waals surface area contributed by atoms with E-state index in [9.17, 15) is 4.79 Å². The van der Waals surface area contributed by atoms with Gasteiger partial charge in [-0.3, -0.25) is 4.79 Å². The first kappa shape index (κ1) is 13.1. The summed E-state index contributed by atoms with van der Waals surface area (Å²) in [6.07, 6.45) is 1.97. The molecule has 0 bridgehead atoms. The summed E-state index contributed by atoms with van der Waals surface area (Å²) in [5.41, 5.74) is 2.12. The van der Waals surface area contributed by atoms with Gasteiger partial charge in [0.1, 0.15) is 5.76 Å². The molecule has 0 atom stereocenters. The zero-order valence-corrected chi connectivity index (χ0v) is 10.5. The zero-order valence-electron chi connectivity index (χ0n) is 9.65. The van der Waals surface area contributed by atoms with Gasteiger partial charge in [0.05, 0.1) is 5.69 Å². The number of hydrogen-bond donors (Lipinski definition) is 1. The molecule has 0 aromatic carbocycles. The third-order valence-corrected chi connectivity index (χ3v) is 3.43. The van der Waals surface area contributed by atoms with Gasteiger partial charge in [-0.2, -0.15) is 11.8 Å². The number of hydrogen-bond acceptors (Lipinski definition) is 4. The molecule has 4 nitrogen and oxygen atoms in total. The van der Waals surface area contributed by atoms with Crippen molar-refractivity contribution in [3.05, 3.63) is 17.0 Å². The summed E-state index contributed by atoms with van der Waals surface area (Å²) in [6.45, 7) is 3.86. The molecule has 0 radical (unpaired) electrons. The maximum atomic E-state index is 10.3. The predicted molar refractivity (Wildman–Crippen MR) is 63.6 cm³/mol. The van der Waals surface area contributed by atoms with Crippen LogP contribution in [-0.2, 0) is 10.5 Å². The van der Waals surface area contributed by atoms with Gasteiger partial charge in [0.25, 0.3) is 0 Å². The Labute approximate surface area is 99.4 Å². The number of carboxylic acids is 1. The number of rotatable bonds is 7. The van der Waals surface area contributed by atoms with Crippen molar-refractivity contribution in [2.45, 2.75) is 38.9 Å². The van der Waals surface area contributed by atoms with Crippen LogP contribution < -0.4 is 0 Å². The lowest BCUT2D eigenvalue weighted by Crippen LogP contribution is -1.94. The van der Waals surface area contributed by atoms with Crippen LogP contribution in [-0.4, -0.2) is 22.0 Å². The van der Waals surface area contributed by atoms with E-state index in [1.165, 1.54) is 5.56 Å². The van der Waals surface area contributed by atoms with Crippen molar-refractivity contribution in [2.24, 2.45) is 0 Å². The summed E-state index contributed by atoms with van der Waals surface area (Å²) in [5.74, 6) is 2.05. The third-order valence-electron chi connectivity index (χ3n) is 2.36. The van der Waals surface area contributed by atoms with E-state index in [1.54, 1.807) is 11.8 Å². The molecule has 5 heteroatoms. The van der Waals surface area contributed by atoms with Gasteiger partial charge in [-0.15, -0.1) is 0 Å². The predicted octanol–water partition coefficient (Wildman–Crippen LogP) is 2.78. The fraction of sp³-hybridized carbons (Fsp3) is 0.636. The Bertz CT molecular complexity index is 329. The molecular weight excluding hydrogens is 226 g/mol. The first-order valence-electron chi connectivity index (χ1n) is 5.32. The largest absolute Gasteiger partial charge is 0.481 e. The molecule has 16 heavy (non-hydrogen) atoms. The highest BCUT2D eigenvalue weighted by molar-refractivity contribution is 7.98. The van der Waals surface area contributed by atoms with Crippen LogP contribution >= 0.6 is 11.8 Å². The first-order chi connectivity index (χ1) is 7.61. The molecule has 0 amide bonds. The van der Waals surface area contributed by atoms with Gasteiger partial charge in [-0.05, 0) is 32.4 Å². The van der Waals surface area contributed by atoms with Crippen LogP contribution in [0.1, 0.15) is 36.3 Å². The normalized spacial score (nSPS) is 10.6. The fourth-order valence-corrected chi connectivity index (χ4v) is 2.53. The molecule has 90 valence electrons. The van der Waals surface area contributed by atoms with Crippen LogP contribution in [0.15, 0.2) is 4.52 Å². The van der Waals surface area contributed by atoms with E-state index < -0.39 is 5.97 Å². The van der Waals surface area contributed by atoms with Crippen molar-refractivity contribution in [1.29, 1.82) is 0 Å². The molecule has 0 aliphatic carbocycles. The Morgan fingerprint density at radius 2 is 2.19 bits per heavy atom. The van der Waals surface area contributed by atoms with E-state index in [4.69, 9.17) is 9.63 Å². The number of nitrogens with zero attached hydrogens (tertiary/aromatic N) is 1. The number of aromatic nitrogens is 1. The molecule has 1 heterocycles. The maximum Gasteiger partial charge on any atom is 0.303 e. The molecule has 0 saturated carbocycles. The number of aliphatic carboxylic acids is 1.